The second kappa shape index (κ2) is 17.7. The number of nitrogen functional groups attached to an aromatic ring is 1. The lowest BCUT2D eigenvalue weighted by molar-refractivity contribution is -0.288. The fraction of sp³-hybridized carbons (Fsp3) is 0.412. The molecule has 2 aliphatic rings. The number of rotatable bonds is 15. The Hall–Kier alpha value is -4.97. The molecule has 2 fully saturated rings. The third-order valence-electron chi connectivity index (χ3n) is 9.04. The first kappa shape index (κ1) is 43.2. The van der Waals surface area contributed by atoms with Gasteiger partial charge < -0.3 is 61.4 Å². The molecule has 11 atom stereocenters. The average Bonchev–Trinajstić information content (AvgIpc) is 3.45. The fourth-order valence-electron chi connectivity index (χ4n) is 6.16. The van der Waals surface area contributed by atoms with Gasteiger partial charge in [0.2, 0.25) is 5.91 Å². The van der Waals surface area contributed by atoms with Crippen LogP contribution in [0, 0.1) is 0 Å². The number of carboxylic acids is 1. The molecule has 0 saturated carbocycles. The highest BCUT2D eigenvalue weighted by Crippen LogP contribution is 2.51. The van der Waals surface area contributed by atoms with Gasteiger partial charge >= 0.3 is 19.5 Å². The first-order chi connectivity index (χ1) is 26.8. The maximum absolute atomic E-state index is 13.2. The molecule has 0 spiro atoms. The van der Waals surface area contributed by atoms with Gasteiger partial charge in [-0.1, -0.05) is 42.5 Å². The van der Waals surface area contributed by atoms with Crippen molar-refractivity contribution in [2.45, 2.75) is 74.1 Å². The van der Waals surface area contributed by atoms with Gasteiger partial charge in [0.15, 0.2) is 12.0 Å². The van der Waals surface area contributed by atoms with E-state index in [-0.39, 0.29) is 22.7 Å². The van der Waals surface area contributed by atoms with Gasteiger partial charge in [0, 0.05) is 42.8 Å². The van der Waals surface area contributed by atoms with Crippen molar-refractivity contribution in [3.05, 3.63) is 94.0 Å². The molecule has 2 saturated heterocycles. The van der Waals surface area contributed by atoms with Crippen LogP contribution >= 0.6 is 7.82 Å². The number of anilines is 1. The Kier molecular flexibility index (Phi) is 13.4. The molecule has 0 bridgehead atoms. The zero-order valence-corrected chi connectivity index (χ0v) is 30.7. The van der Waals surface area contributed by atoms with Gasteiger partial charge in [-0.15, -0.1) is 0 Å². The van der Waals surface area contributed by atoms with Crippen molar-refractivity contribution in [2.24, 2.45) is 0 Å². The minimum atomic E-state index is -5.63. The highest BCUT2D eigenvalue weighted by molar-refractivity contribution is 7.47. The number of hydrogen-bond donors (Lipinski definition) is 10. The van der Waals surface area contributed by atoms with Crippen molar-refractivity contribution in [2.75, 3.05) is 18.9 Å². The number of carboxylic acid groups (broad SMARTS) is 1. The van der Waals surface area contributed by atoms with Gasteiger partial charge in [-0.3, -0.25) is 23.5 Å². The van der Waals surface area contributed by atoms with E-state index in [4.69, 9.17) is 24.3 Å². The first-order valence-electron chi connectivity index (χ1n) is 17.1. The lowest BCUT2D eigenvalue weighted by atomic mass is 9.88. The molecular formula is C34H40N5O17P. The van der Waals surface area contributed by atoms with Crippen molar-refractivity contribution in [3.8, 4) is 0 Å². The van der Waals surface area contributed by atoms with E-state index in [2.05, 4.69) is 15.6 Å². The molecule has 2 aliphatic heterocycles. The van der Waals surface area contributed by atoms with Gasteiger partial charge in [0.25, 0.3) is 11.7 Å². The summed E-state index contributed by atoms with van der Waals surface area (Å²) in [6.45, 7) is -0.758. The molecule has 0 radical (unpaired) electrons. The number of hydrogen-bond acceptors (Lipinski definition) is 17. The SMILES string of the molecule is CC(=O)NC1C(O)CC(OP(=O)(O)OC[C@H]2OC(n3ccc(N)nc3=O)[C@H](O)[C@@H]2O)(C(=O)O)OC1[C@H](O)[C@H](O)CNC(=O)c1ccc(C(=O)c2ccccc2)cc1. The molecule has 57 heavy (non-hydrogen) atoms. The number of ketones is 1. The Balaban J connectivity index is 1.26. The van der Waals surface area contributed by atoms with E-state index < -0.39 is 112 Å². The summed E-state index contributed by atoms with van der Waals surface area (Å²) in [4.78, 5) is 76.5. The van der Waals surface area contributed by atoms with E-state index in [1.165, 1.54) is 30.3 Å². The molecule has 22 nitrogen and oxygen atoms in total. The lowest BCUT2D eigenvalue weighted by Gasteiger charge is -2.46. The molecule has 5 rings (SSSR count). The molecule has 2 amide bonds. The molecule has 1 aromatic heterocycles. The van der Waals surface area contributed by atoms with Crippen LogP contribution in [0.3, 0.4) is 0 Å². The second-order valence-corrected chi connectivity index (χ2v) is 14.5. The number of phosphoric ester groups is 1. The second-order valence-electron chi connectivity index (χ2n) is 13.1. The quantitative estimate of drug-likeness (QED) is 0.0555. The molecule has 2 aromatic carbocycles. The standard InChI is InChI=1S/C34H40N5O17P/c1-16(40)37-24-20(41)13-34(32(48)49,56-57(51,52)53-15-22-27(45)28(46)31(54-22)39-12-11-23(35)38-33(39)50)55-29(24)26(44)21(42)14-36-30(47)19-9-7-18(8-10-19)25(43)17-5-3-2-4-6-17/h2-12,20-22,24,26-29,31,41-42,44-46H,13-15H2,1H3,(H,36,47)(H,37,40)(H,48,49)(H,51,52)(H2,35,38,50)/t20?,21-,22-,24?,26-,27-,28-,29?,31?,34?/m1/s1. The Morgan fingerprint density at radius 2 is 1.65 bits per heavy atom. The molecule has 3 heterocycles. The van der Waals surface area contributed by atoms with E-state index >= 15 is 0 Å². The zero-order chi connectivity index (χ0) is 41.8. The normalized spacial score (nSPS) is 28.1. The summed E-state index contributed by atoms with van der Waals surface area (Å²) in [7, 11) is -5.63. The minimum absolute atomic E-state index is 0.0514. The number of benzene rings is 2. The molecule has 0 aliphatic carbocycles. The van der Waals surface area contributed by atoms with Crippen LogP contribution in [-0.4, -0.2) is 136 Å². The summed E-state index contributed by atoms with van der Waals surface area (Å²) in [5.74, 6) is -7.44. The Morgan fingerprint density at radius 3 is 2.26 bits per heavy atom. The predicted octanol–water partition coefficient (Wildman–Crippen LogP) is -2.60. The number of carbonyl (C=O) groups excluding carboxylic acids is 3. The van der Waals surface area contributed by atoms with E-state index in [1.807, 2.05) is 0 Å². The van der Waals surface area contributed by atoms with Crippen molar-refractivity contribution in [1.82, 2.24) is 20.2 Å². The highest BCUT2D eigenvalue weighted by Gasteiger charge is 2.59. The predicted molar refractivity (Wildman–Crippen MR) is 190 cm³/mol. The van der Waals surface area contributed by atoms with Crippen molar-refractivity contribution in [1.29, 1.82) is 0 Å². The van der Waals surface area contributed by atoms with E-state index in [9.17, 15) is 64.1 Å². The highest BCUT2D eigenvalue weighted by atomic mass is 31.2. The Labute approximate surface area is 322 Å². The third-order valence-corrected chi connectivity index (χ3v) is 10.0. The number of ether oxygens (including phenoxy) is 2. The summed E-state index contributed by atoms with van der Waals surface area (Å²) in [6, 6.07) is 13.4. The van der Waals surface area contributed by atoms with Gasteiger partial charge in [0.05, 0.1) is 24.9 Å². The van der Waals surface area contributed by atoms with Crippen molar-refractivity contribution < 1.29 is 77.8 Å². The number of aromatic nitrogens is 2. The van der Waals surface area contributed by atoms with Crippen LogP contribution in [0.25, 0.3) is 0 Å². The summed E-state index contributed by atoms with van der Waals surface area (Å²) >= 11 is 0. The molecule has 11 N–H and O–H groups in total. The summed E-state index contributed by atoms with van der Waals surface area (Å²) < 4.78 is 34.6. The average molecular weight is 822 g/mol. The van der Waals surface area contributed by atoms with Crippen LogP contribution in [-0.2, 0) is 32.7 Å². The monoisotopic (exact) mass is 821 g/mol. The minimum Gasteiger partial charge on any atom is -0.477 e. The number of aliphatic hydroxyl groups is 5. The molecule has 23 heteroatoms. The van der Waals surface area contributed by atoms with Crippen molar-refractivity contribution in [3.63, 3.8) is 0 Å². The number of nitrogens with zero attached hydrogens (tertiary/aromatic N) is 2. The summed E-state index contributed by atoms with van der Waals surface area (Å²) in [5.41, 5.74) is 5.25. The van der Waals surface area contributed by atoms with Crippen LogP contribution in [0.1, 0.15) is 45.9 Å². The number of nitrogens with one attached hydrogen (secondary N) is 2. The number of phosphoric acid groups is 1. The van der Waals surface area contributed by atoms with E-state index in [1.54, 1.807) is 30.3 Å². The number of carbonyl (C=O) groups is 4. The number of aliphatic hydroxyl groups excluding tert-OH is 5. The molecule has 6 unspecified atom stereocenters. The van der Waals surface area contributed by atoms with Gasteiger partial charge in [-0.05, 0) is 18.2 Å². The van der Waals surface area contributed by atoms with Crippen LogP contribution in [0.2, 0.25) is 0 Å². The number of amides is 2. The molecular weight excluding hydrogens is 781 g/mol. The van der Waals surface area contributed by atoms with Gasteiger partial charge in [-0.2, -0.15) is 4.98 Å². The summed E-state index contributed by atoms with van der Waals surface area (Å²) in [5, 5.41) is 68.7. The van der Waals surface area contributed by atoms with Crippen LogP contribution < -0.4 is 22.1 Å². The van der Waals surface area contributed by atoms with E-state index in [0.29, 0.717) is 5.56 Å². The zero-order valence-electron chi connectivity index (χ0n) is 29.8. The molecule has 308 valence electrons. The third kappa shape index (κ3) is 9.95. The lowest BCUT2D eigenvalue weighted by Crippen LogP contribution is -2.68. The number of aliphatic carboxylic acids is 1. The summed E-state index contributed by atoms with van der Waals surface area (Å²) in [6.07, 6.45) is -15.1. The van der Waals surface area contributed by atoms with Crippen LogP contribution in [0.4, 0.5) is 5.82 Å². The fourth-order valence-corrected chi connectivity index (χ4v) is 7.11. The van der Waals surface area contributed by atoms with Gasteiger partial charge in [0.1, 0.15) is 36.3 Å². The van der Waals surface area contributed by atoms with Crippen LogP contribution in [0.15, 0.2) is 71.7 Å². The Morgan fingerprint density at radius 1 is 1.02 bits per heavy atom. The topological polar surface area (TPSA) is 349 Å². The maximum Gasteiger partial charge on any atom is 0.475 e. The Bertz CT molecular complexity index is 2060. The van der Waals surface area contributed by atoms with Gasteiger partial charge in [-0.25, -0.2) is 18.7 Å². The molecule has 3 aromatic rings. The van der Waals surface area contributed by atoms with Crippen LogP contribution in [0.5, 0.6) is 0 Å². The van der Waals surface area contributed by atoms with E-state index in [0.717, 1.165) is 17.7 Å². The largest absolute Gasteiger partial charge is 0.477 e. The first-order valence-corrected chi connectivity index (χ1v) is 18.6. The smallest absolute Gasteiger partial charge is 0.475 e. The maximum atomic E-state index is 13.2. The van der Waals surface area contributed by atoms with Crippen molar-refractivity contribution >= 4 is 37.2 Å². The number of nitrogens with two attached hydrogens (primary N) is 1.